The molecule has 31 heavy (non-hydrogen) atoms. The van der Waals surface area contributed by atoms with Crippen LogP contribution in [-0.4, -0.2) is 10.5 Å². The molecule has 4 aromatic rings. The molecule has 2 heterocycles. The first-order valence-electron chi connectivity index (χ1n) is 9.81. The number of aryl methyl sites for hydroxylation is 3. The van der Waals surface area contributed by atoms with E-state index in [9.17, 15) is 9.59 Å². The molecule has 0 unspecified atom stereocenters. The SMILES string of the molecule is Cc1cccc(C)c1NC(=O)c1c(-c2ccco2)n(-c2ccccc2Cl)c(C)cc1=O. The van der Waals surface area contributed by atoms with Crippen LogP contribution in [0, 0.1) is 20.8 Å². The predicted octanol–water partition coefficient (Wildman–Crippen LogP) is 5.93. The summed E-state index contributed by atoms with van der Waals surface area (Å²) in [5.41, 5.74) is 3.73. The predicted molar refractivity (Wildman–Crippen MR) is 123 cm³/mol. The summed E-state index contributed by atoms with van der Waals surface area (Å²) < 4.78 is 7.42. The molecule has 0 aliphatic carbocycles. The Morgan fingerprint density at radius 3 is 2.32 bits per heavy atom. The van der Waals surface area contributed by atoms with Gasteiger partial charge in [0.05, 0.1) is 17.0 Å². The van der Waals surface area contributed by atoms with Gasteiger partial charge >= 0.3 is 0 Å². The first-order valence-corrected chi connectivity index (χ1v) is 10.2. The lowest BCUT2D eigenvalue weighted by Crippen LogP contribution is -2.26. The van der Waals surface area contributed by atoms with Gasteiger partial charge in [0.2, 0.25) is 0 Å². The number of furan rings is 1. The van der Waals surface area contributed by atoms with Crippen molar-refractivity contribution in [2.24, 2.45) is 0 Å². The first-order chi connectivity index (χ1) is 14.9. The molecule has 0 atom stereocenters. The number of rotatable bonds is 4. The number of nitrogens with zero attached hydrogens (tertiary/aromatic N) is 1. The summed E-state index contributed by atoms with van der Waals surface area (Å²) in [7, 11) is 0. The molecule has 1 amide bonds. The summed E-state index contributed by atoms with van der Waals surface area (Å²) in [6.07, 6.45) is 1.51. The molecule has 5 nitrogen and oxygen atoms in total. The fraction of sp³-hybridized carbons (Fsp3) is 0.120. The van der Waals surface area contributed by atoms with Crippen molar-refractivity contribution in [3.63, 3.8) is 0 Å². The smallest absolute Gasteiger partial charge is 0.261 e. The molecule has 6 heteroatoms. The summed E-state index contributed by atoms with van der Waals surface area (Å²) >= 11 is 6.48. The maximum Gasteiger partial charge on any atom is 0.261 e. The molecule has 2 aromatic heterocycles. The van der Waals surface area contributed by atoms with Crippen molar-refractivity contribution in [1.82, 2.24) is 4.57 Å². The van der Waals surface area contributed by atoms with Gasteiger partial charge in [-0.05, 0) is 56.2 Å². The van der Waals surface area contributed by atoms with E-state index in [0.717, 1.165) is 11.1 Å². The molecular weight excluding hydrogens is 412 g/mol. The third-order valence-electron chi connectivity index (χ3n) is 5.19. The van der Waals surface area contributed by atoms with E-state index < -0.39 is 11.3 Å². The van der Waals surface area contributed by atoms with Crippen LogP contribution in [0.4, 0.5) is 5.69 Å². The number of pyridine rings is 1. The molecule has 1 N–H and O–H groups in total. The molecule has 0 fully saturated rings. The zero-order valence-electron chi connectivity index (χ0n) is 17.4. The van der Waals surface area contributed by atoms with Crippen molar-refractivity contribution < 1.29 is 9.21 Å². The molecule has 0 bridgehead atoms. The number of nitrogens with one attached hydrogen (secondary N) is 1. The van der Waals surface area contributed by atoms with Gasteiger partial charge in [-0.25, -0.2) is 0 Å². The molecule has 0 saturated carbocycles. The summed E-state index contributed by atoms with van der Waals surface area (Å²) in [6, 6.07) is 17.9. The summed E-state index contributed by atoms with van der Waals surface area (Å²) in [5.74, 6) is -0.109. The Kier molecular flexibility index (Phi) is 5.53. The van der Waals surface area contributed by atoms with Crippen molar-refractivity contribution >= 4 is 23.2 Å². The lowest BCUT2D eigenvalue weighted by molar-refractivity contribution is 0.102. The number of halogens is 1. The van der Waals surface area contributed by atoms with Gasteiger partial charge in [0.25, 0.3) is 5.91 Å². The third-order valence-corrected chi connectivity index (χ3v) is 5.51. The lowest BCUT2D eigenvalue weighted by Gasteiger charge is -2.20. The van der Waals surface area contributed by atoms with Crippen molar-refractivity contribution in [1.29, 1.82) is 0 Å². The monoisotopic (exact) mass is 432 g/mol. The molecule has 0 radical (unpaired) electrons. The van der Waals surface area contributed by atoms with Crippen LogP contribution in [0.5, 0.6) is 0 Å². The zero-order valence-corrected chi connectivity index (χ0v) is 18.2. The van der Waals surface area contributed by atoms with Crippen LogP contribution in [0.25, 0.3) is 17.1 Å². The molecule has 4 rings (SSSR count). The van der Waals surface area contributed by atoms with Crippen molar-refractivity contribution in [2.45, 2.75) is 20.8 Å². The second kappa shape index (κ2) is 8.28. The maximum absolute atomic E-state index is 13.4. The number of amides is 1. The average molecular weight is 433 g/mol. The second-order valence-electron chi connectivity index (χ2n) is 7.36. The van der Waals surface area contributed by atoms with Gasteiger partial charge in [0.15, 0.2) is 11.2 Å². The van der Waals surface area contributed by atoms with Gasteiger partial charge < -0.3 is 14.3 Å². The van der Waals surface area contributed by atoms with E-state index in [2.05, 4.69) is 5.32 Å². The minimum absolute atomic E-state index is 0.0110. The van der Waals surface area contributed by atoms with Crippen LogP contribution >= 0.6 is 11.6 Å². The van der Waals surface area contributed by atoms with Crippen LogP contribution in [0.15, 0.2) is 76.1 Å². The number of hydrogen-bond donors (Lipinski definition) is 1. The number of hydrogen-bond acceptors (Lipinski definition) is 3. The highest BCUT2D eigenvalue weighted by Gasteiger charge is 2.25. The molecule has 0 aliphatic heterocycles. The van der Waals surface area contributed by atoms with Crippen LogP contribution < -0.4 is 10.7 Å². The van der Waals surface area contributed by atoms with Gasteiger partial charge in [-0.15, -0.1) is 0 Å². The van der Waals surface area contributed by atoms with E-state index in [1.54, 1.807) is 29.7 Å². The van der Waals surface area contributed by atoms with Crippen LogP contribution in [0.2, 0.25) is 5.02 Å². The number of carbonyl (C=O) groups is 1. The molecule has 2 aromatic carbocycles. The minimum atomic E-state index is -0.505. The topological polar surface area (TPSA) is 64.2 Å². The Morgan fingerprint density at radius 2 is 1.68 bits per heavy atom. The van der Waals surface area contributed by atoms with Gasteiger partial charge in [-0.1, -0.05) is 41.9 Å². The Balaban J connectivity index is 1.99. The van der Waals surface area contributed by atoms with Gasteiger partial charge in [-0.2, -0.15) is 0 Å². The minimum Gasteiger partial charge on any atom is -0.463 e. The standard InChI is InChI=1S/C25H21ClN2O3/c1-15-8-6-9-16(2)23(15)27-25(30)22-20(29)14-17(3)28(19-11-5-4-10-18(19)26)24(22)21-12-7-13-31-21/h4-14H,1-3H3,(H,27,30). The van der Waals surface area contributed by atoms with E-state index in [-0.39, 0.29) is 5.56 Å². The summed E-state index contributed by atoms with van der Waals surface area (Å²) in [4.78, 5) is 26.5. The van der Waals surface area contributed by atoms with E-state index in [1.807, 2.05) is 50.2 Å². The number of para-hydroxylation sites is 2. The van der Waals surface area contributed by atoms with E-state index >= 15 is 0 Å². The quantitative estimate of drug-likeness (QED) is 0.434. The fourth-order valence-electron chi connectivity index (χ4n) is 3.73. The maximum atomic E-state index is 13.4. The first kappa shape index (κ1) is 20.7. The van der Waals surface area contributed by atoms with Crippen molar-refractivity contribution in [3.05, 3.63) is 105 Å². The molecule has 0 aliphatic rings. The second-order valence-corrected chi connectivity index (χ2v) is 7.77. The Hall–Kier alpha value is -3.57. The van der Waals surface area contributed by atoms with E-state index in [1.165, 1.54) is 12.3 Å². The number of carbonyl (C=O) groups excluding carboxylic acids is 1. The number of aromatic nitrogens is 1. The van der Waals surface area contributed by atoms with Crippen molar-refractivity contribution in [2.75, 3.05) is 5.32 Å². The largest absolute Gasteiger partial charge is 0.463 e. The van der Waals surface area contributed by atoms with E-state index in [0.29, 0.717) is 33.5 Å². The fourth-order valence-corrected chi connectivity index (χ4v) is 3.95. The van der Waals surface area contributed by atoms with Gasteiger partial charge in [-0.3, -0.25) is 9.59 Å². The van der Waals surface area contributed by atoms with Crippen LogP contribution in [0.1, 0.15) is 27.2 Å². The highest BCUT2D eigenvalue weighted by atomic mass is 35.5. The third kappa shape index (κ3) is 3.80. The van der Waals surface area contributed by atoms with Crippen molar-refractivity contribution in [3.8, 4) is 17.1 Å². The molecule has 156 valence electrons. The number of anilines is 1. The Morgan fingerprint density at radius 1 is 0.968 bits per heavy atom. The zero-order chi connectivity index (χ0) is 22.1. The van der Waals surface area contributed by atoms with Gasteiger partial charge in [0, 0.05) is 17.4 Å². The molecule has 0 saturated heterocycles. The molecule has 0 spiro atoms. The Bertz CT molecular complexity index is 1320. The van der Waals surface area contributed by atoms with Crippen LogP contribution in [0.3, 0.4) is 0 Å². The summed E-state index contributed by atoms with van der Waals surface area (Å²) in [6.45, 7) is 5.62. The van der Waals surface area contributed by atoms with Crippen LogP contribution in [-0.2, 0) is 0 Å². The summed E-state index contributed by atoms with van der Waals surface area (Å²) in [5, 5.41) is 3.41. The average Bonchev–Trinajstić information content (AvgIpc) is 3.25. The van der Waals surface area contributed by atoms with Gasteiger partial charge in [0.1, 0.15) is 11.3 Å². The normalized spacial score (nSPS) is 10.8. The highest BCUT2D eigenvalue weighted by molar-refractivity contribution is 6.32. The van der Waals surface area contributed by atoms with E-state index in [4.69, 9.17) is 16.0 Å². The molecular formula is C25H21ClN2O3. The number of benzene rings is 2. The lowest BCUT2D eigenvalue weighted by atomic mass is 10.1. The Labute approximate surface area is 184 Å². The highest BCUT2D eigenvalue weighted by Crippen LogP contribution is 2.31.